The van der Waals surface area contributed by atoms with Crippen molar-refractivity contribution in [2.75, 3.05) is 0 Å². The Morgan fingerprint density at radius 1 is 1.38 bits per heavy atom. The highest BCUT2D eigenvalue weighted by atomic mass is 35.5. The lowest BCUT2D eigenvalue weighted by molar-refractivity contribution is -0.120. The van der Waals surface area contributed by atoms with Gasteiger partial charge in [-0.3, -0.25) is 14.7 Å². The van der Waals surface area contributed by atoms with E-state index in [0.29, 0.717) is 26.9 Å². The summed E-state index contributed by atoms with van der Waals surface area (Å²) in [5.74, 6) is -0.399. The lowest BCUT2D eigenvalue weighted by Crippen LogP contribution is -2.23. The van der Waals surface area contributed by atoms with Crippen LogP contribution in [0.2, 0.25) is 10.0 Å². The van der Waals surface area contributed by atoms with Gasteiger partial charge >= 0.3 is 0 Å². The van der Waals surface area contributed by atoms with Crippen molar-refractivity contribution in [2.24, 2.45) is 5.10 Å². The Kier molecular flexibility index (Phi) is 4.82. The number of nitrogens with zero attached hydrogens (tertiary/aromatic N) is 1. The molecule has 2 rings (SSSR count). The smallest absolute Gasteiger partial charge is 0.267 e. The van der Waals surface area contributed by atoms with Crippen molar-refractivity contribution < 1.29 is 4.79 Å². The van der Waals surface area contributed by atoms with Crippen molar-refractivity contribution in [2.45, 2.75) is 13.3 Å². The predicted molar refractivity (Wildman–Crippen MR) is 82.1 cm³/mol. The Bertz CT molecular complexity index is 749. The van der Waals surface area contributed by atoms with Gasteiger partial charge in [0.15, 0.2) is 0 Å². The number of H-pyrrole nitrogens is 2. The Morgan fingerprint density at radius 2 is 2.14 bits per heavy atom. The Balaban J connectivity index is 1.98. The lowest BCUT2D eigenvalue weighted by Gasteiger charge is -2.00. The van der Waals surface area contributed by atoms with Gasteiger partial charge in [0.1, 0.15) is 0 Å². The Hall–Kier alpha value is -2.05. The lowest BCUT2D eigenvalue weighted by atomic mass is 10.2. The molecule has 0 spiro atoms. The number of carbonyl (C=O) groups excluding carboxylic acids is 1. The monoisotopic (exact) mass is 326 g/mol. The third kappa shape index (κ3) is 3.96. The number of hydrazone groups is 1. The molecule has 3 N–H and O–H groups in total. The van der Waals surface area contributed by atoms with Gasteiger partial charge in [-0.05, 0) is 19.1 Å². The molecule has 1 aromatic heterocycles. The largest absolute Gasteiger partial charge is 0.302 e. The second kappa shape index (κ2) is 6.60. The molecule has 0 aliphatic carbocycles. The summed E-state index contributed by atoms with van der Waals surface area (Å²) in [6.07, 6.45) is 1.35. The molecular formula is C13H12Cl2N4O2. The first-order chi connectivity index (χ1) is 9.97. The number of aryl methyl sites for hydroxylation is 1. The molecule has 1 heterocycles. The van der Waals surface area contributed by atoms with Crippen LogP contribution in [0.15, 0.2) is 28.1 Å². The van der Waals surface area contributed by atoms with Crippen molar-refractivity contribution in [3.8, 4) is 0 Å². The number of hydrogen-bond donors (Lipinski definition) is 3. The second-order valence-electron chi connectivity index (χ2n) is 4.32. The van der Waals surface area contributed by atoms with Crippen LogP contribution >= 0.6 is 23.2 Å². The third-order valence-corrected chi connectivity index (χ3v) is 3.35. The van der Waals surface area contributed by atoms with Crippen LogP contribution in [0.4, 0.5) is 0 Å². The normalized spacial score (nSPS) is 11.0. The van der Waals surface area contributed by atoms with Crippen LogP contribution in [0, 0.1) is 6.92 Å². The van der Waals surface area contributed by atoms with Crippen LogP contribution < -0.4 is 11.0 Å². The average molecular weight is 327 g/mol. The summed E-state index contributed by atoms with van der Waals surface area (Å²) in [4.78, 5) is 23.1. The fourth-order valence-electron chi connectivity index (χ4n) is 1.66. The van der Waals surface area contributed by atoms with Crippen molar-refractivity contribution >= 4 is 35.3 Å². The molecule has 0 fully saturated rings. The van der Waals surface area contributed by atoms with Crippen molar-refractivity contribution in [3.05, 3.63) is 55.4 Å². The standard InChI is InChI=1S/C13H12Cl2N4O2/c1-7-10(13(21)19-17-7)5-12(20)18-16-6-8-2-3-9(14)4-11(8)15/h2-4,6H,5H2,1H3,(H,18,20)(H2,17,19,21). The summed E-state index contributed by atoms with van der Waals surface area (Å²) in [6.45, 7) is 1.71. The number of hydrogen-bond acceptors (Lipinski definition) is 3. The summed E-state index contributed by atoms with van der Waals surface area (Å²) in [5.41, 5.74) is 3.65. The van der Waals surface area contributed by atoms with Gasteiger partial charge in [-0.1, -0.05) is 29.3 Å². The summed E-state index contributed by atoms with van der Waals surface area (Å²) >= 11 is 11.7. The average Bonchev–Trinajstić information content (AvgIpc) is 2.73. The molecule has 0 aliphatic heterocycles. The highest BCUT2D eigenvalue weighted by Gasteiger charge is 2.10. The molecule has 1 aromatic carbocycles. The van der Waals surface area contributed by atoms with E-state index in [-0.39, 0.29) is 12.0 Å². The molecule has 0 bridgehead atoms. The van der Waals surface area contributed by atoms with Gasteiger partial charge < -0.3 is 5.10 Å². The van der Waals surface area contributed by atoms with Crippen LogP contribution in [-0.2, 0) is 11.2 Å². The zero-order valence-electron chi connectivity index (χ0n) is 11.0. The minimum absolute atomic E-state index is 0.0592. The van der Waals surface area contributed by atoms with E-state index in [2.05, 4.69) is 20.7 Å². The molecule has 8 heteroatoms. The van der Waals surface area contributed by atoms with E-state index < -0.39 is 5.91 Å². The molecule has 0 saturated carbocycles. The van der Waals surface area contributed by atoms with Crippen molar-refractivity contribution in [1.29, 1.82) is 0 Å². The molecule has 1 amide bonds. The van der Waals surface area contributed by atoms with Crippen LogP contribution in [0.1, 0.15) is 16.8 Å². The minimum atomic E-state index is -0.399. The zero-order chi connectivity index (χ0) is 15.4. The first-order valence-electron chi connectivity index (χ1n) is 6.00. The van der Waals surface area contributed by atoms with Gasteiger partial charge in [-0.25, -0.2) is 5.43 Å². The highest BCUT2D eigenvalue weighted by molar-refractivity contribution is 6.36. The number of amides is 1. The molecule has 21 heavy (non-hydrogen) atoms. The molecule has 110 valence electrons. The van der Waals surface area contributed by atoms with E-state index in [1.54, 1.807) is 25.1 Å². The Labute approximate surface area is 130 Å². The number of nitrogens with one attached hydrogen (secondary N) is 3. The highest BCUT2D eigenvalue weighted by Crippen LogP contribution is 2.19. The van der Waals surface area contributed by atoms with Crippen LogP contribution in [0.25, 0.3) is 0 Å². The van der Waals surface area contributed by atoms with Gasteiger partial charge in [0.25, 0.3) is 5.56 Å². The SMILES string of the molecule is Cc1[nH][nH]c(=O)c1CC(=O)NN=Cc1ccc(Cl)cc1Cl. The topological polar surface area (TPSA) is 90.1 Å². The summed E-state index contributed by atoms with van der Waals surface area (Å²) in [6, 6.07) is 4.93. The van der Waals surface area contributed by atoms with Crippen molar-refractivity contribution in [1.82, 2.24) is 15.6 Å². The van der Waals surface area contributed by atoms with Gasteiger partial charge in [-0.15, -0.1) is 0 Å². The number of benzene rings is 1. The van der Waals surface area contributed by atoms with Crippen molar-refractivity contribution in [3.63, 3.8) is 0 Å². The van der Waals surface area contributed by atoms with Gasteiger partial charge in [-0.2, -0.15) is 5.10 Å². The summed E-state index contributed by atoms with van der Waals surface area (Å²) in [7, 11) is 0. The third-order valence-electron chi connectivity index (χ3n) is 2.78. The van der Waals surface area contributed by atoms with E-state index in [1.165, 1.54) is 6.21 Å². The first-order valence-corrected chi connectivity index (χ1v) is 6.76. The number of carbonyl (C=O) groups is 1. The summed E-state index contributed by atoms with van der Waals surface area (Å²) in [5, 5.41) is 9.80. The van der Waals surface area contributed by atoms with E-state index >= 15 is 0 Å². The first kappa shape index (κ1) is 15.3. The van der Waals surface area contributed by atoms with Gasteiger partial charge in [0.2, 0.25) is 5.91 Å². The summed E-state index contributed by atoms with van der Waals surface area (Å²) < 4.78 is 0. The number of rotatable bonds is 4. The van der Waals surface area contributed by atoms with Gasteiger partial charge in [0.05, 0.1) is 17.7 Å². The van der Waals surface area contributed by atoms with E-state index in [0.717, 1.165) is 0 Å². The maximum absolute atomic E-state index is 11.7. The molecule has 0 atom stereocenters. The predicted octanol–water partition coefficient (Wildman–Crippen LogP) is 2.01. The second-order valence-corrected chi connectivity index (χ2v) is 5.16. The molecule has 0 unspecified atom stereocenters. The quantitative estimate of drug-likeness (QED) is 0.592. The Morgan fingerprint density at radius 3 is 2.76 bits per heavy atom. The fourth-order valence-corrected chi connectivity index (χ4v) is 2.12. The van der Waals surface area contributed by atoms with E-state index in [1.807, 2.05) is 0 Å². The molecule has 0 radical (unpaired) electrons. The zero-order valence-corrected chi connectivity index (χ0v) is 12.5. The molecule has 0 saturated heterocycles. The molecular weight excluding hydrogens is 315 g/mol. The molecule has 6 nitrogen and oxygen atoms in total. The minimum Gasteiger partial charge on any atom is -0.302 e. The fraction of sp³-hybridized carbons (Fsp3) is 0.154. The maximum Gasteiger partial charge on any atom is 0.267 e. The maximum atomic E-state index is 11.7. The molecule has 2 aromatic rings. The number of aromatic nitrogens is 2. The van der Waals surface area contributed by atoms with Crippen LogP contribution in [0.3, 0.4) is 0 Å². The molecule has 0 aliphatic rings. The van der Waals surface area contributed by atoms with E-state index in [9.17, 15) is 9.59 Å². The van der Waals surface area contributed by atoms with E-state index in [4.69, 9.17) is 23.2 Å². The van der Waals surface area contributed by atoms with Crippen LogP contribution in [-0.4, -0.2) is 22.3 Å². The number of aromatic amines is 2. The van der Waals surface area contributed by atoms with Crippen LogP contribution in [0.5, 0.6) is 0 Å². The number of halogens is 2. The van der Waals surface area contributed by atoms with Gasteiger partial charge in [0, 0.05) is 21.8 Å².